The third-order valence-electron chi connectivity index (χ3n) is 4.63. The van der Waals surface area contributed by atoms with Crippen LogP contribution in [0, 0.1) is 0 Å². The Morgan fingerprint density at radius 2 is 2.09 bits per heavy atom. The maximum atomic E-state index is 12.8. The summed E-state index contributed by atoms with van der Waals surface area (Å²) in [5.74, 6) is 0.0436. The summed E-state index contributed by atoms with van der Waals surface area (Å²) in [6, 6.07) is 8.83. The van der Waals surface area contributed by atoms with E-state index in [0.29, 0.717) is 36.7 Å². The van der Waals surface area contributed by atoms with Crippen LogP contribution in [-0.2, 0) is 0 Å². The van der Waals surface area contributed by atoms with E-state index in [0.717, 1.165) is 5.00 Å². The van der Waals surface area contributed by atoms with Crippen LogP contribution in [0.3, 0.4) is 0 Å². The number of pyridine rings is 1. The molecule has 1 aliphatic heterocycles. The average Bonchev–Trinajstić information content (AvgIpc) is 3.40. The van der Waals surface area contributed by atoms with E-state index in [4.69, 9.17) is 11.6 Å². The first-order valence-corrected chi connectivity index (χ1v) is 10.7. The molecule has 8 nitrogen and oxygen atoms in total. The van der Waals surface area contributed by atoms with Crippen molar-refractivity contribution < 1.29 is 23.4 Å². The van der Waals surface area contributed by atoms with Crippen LogP contribution in [-0.4, -0.2) is 45.1 Å². The highest BCUT2D eigenvalue weighted by Crippen LogP contribution is 2.32. The first-order valence-electron chi connectivity index (χ1n) is 9.55. The number of aliphatic hydroxyl groups excluding tert-OH is 1. The monoisotopic (exact) mass is 481 g/mol. The number of anilines is 4. The van der Waals surface area contributed by atoms with Gasteiger partial charge in [0.1, 0.15) is 10.8 Å². The fourth-order valence-corrected chi connectivity index (χ4v) is 3.82. The summed E-state index contributed by atoms with van der Waals surface area (Å²) in [5.41, 5.74) is -2.55. The Bertz CT molecular complexity index is 1080. The lowest BCUT2D eigenvalue weighted by atomic mass is 10.2. The fraction of sp³-hybridized carbons (Fsp3) is 0.250. The number of rotatable bonds is 7. The van der Waals surface area contributed by atoms with Gasteiger partial charge in [0, 0.05) is 42.8 Å². The molecule has 1 aliphatic rings. The highest BCUT2D eigenvalue weighted by Gasteiger charge is 2.27. The predicted octanol–water partition coefficient (Wildman–Crippen LogP) is 4.27. The van der Waals surface area contributed by atoms with Crippen molar-refractivity contribution in [3.05, 3.63) is 54.4 Å². The van der Waals surface area contributed by atoms with Crippen molar-refractivity contribution >= 4 is 51.2 Å². The van der Waals surface area contributed by atoms with E-state index in [1.165, 1.54) is 42.0 Å². The van der Waals surface area contributed by atoms with Gasteiger partial charge in [-0.15, -0.1) is 8.78 Å². The average molecular weight is 482 g/mol. The topological polar surface area (TPSA) is 99.6 Å². The number of hydrogen-bond acceptors (Lipinski definition) is 8. The van der Waals surface area contributed by atoms with Crippen LogP contribution in [0.4, 0.5) is 31.0 Å². The van der Waals surface area contributed by atoms with Crippen LogP contribution >= 0.6 is 23.1 Å². The van der Waals surface area contributed by atoms with Crippen LogP contribution in [0.15, 0.2) is 48.8 Å². The molecular formula is C20H18ClF2N5O3S. The Labute approximate surface area is 191 Å². The van der Waals surface area contributed by atoms with Crippen molar-refractivity contribution in [3.8, 4) is 5.75 Å². The molecule has 1 atom stereocenters. The number of aromatic nitrogens is 2. The summed E-state index contributed by atoms with van der Waals surface area (Å²) < 4.78 is 33.8. The van der Waals surface area contributed by atoms with Gasteiger partial charge < -0.3 is 25.4 Å². The van der Waals surface area contributed by atoms with Crippen molar-refractivity contribution in [2.75, 3.05) is 28.6 Å². The lowest BCUT2D eigenvalue weighted by molar-refractivity contribution is -0.0964. The van der Waals surface area contributed by atoms with Crippen molar-refractivity contribution in [1.82, 2.24) is 9.36 Å². The molecule has 0 unspecified atom stereocenters. The van der Waals surface area contributed by atoms with Crippen molar-refractivity contribution in [1.29, 1.82) is 0 Å². The molecule has 0 bridgehead atoms. The van der Waals surface area contributed by atoms with E-state index >= 15 is 0 Å². The lowest BCUT2D eigenvalue weighted by Crippen LogP contribution is -2.23. The van der Waals surface area contributed by atoms with Gasteiger partial charge in [0.25, 0.3) is 5.91 Å². The Kier molecular flexibility index (Phi) is 6.40. The minimum Gasteiger partial charge on any atom is -0.420 e. The standard InChI is InChI=1S/C20H18ClF2N5O3S/c21-20(22,23)31-15-3-1-13(2-4-15)26-19(30)12-9-16(27-17-5-7-25-32-17)18(24-10-12)28-8-6-14(29)11-28/h1-5,7,9-10,14,27,29H,6,8,11H2,(H,26,30)/t14-/m1/s1. The third-order valence-corrected chi connectivity index (χ3v) is 5.37. The number of β-amino-alcohol motifs (C(OH)–C–C–N with tert-alkyl or cyclic N) is 1. The number of hydrogen-bond donors (Lipinski definition) is 3. The molecule has 1 saturated heterocycles. The van der Waals surface area contributed by atoms with Crippen molar-refractivity contribution in [3.63, 3.8) is 0 Å². The largest absolute Gasteiger partial charge is 0.487 e. The maximum absolute atomic E-state index is 12.8. The Hall–Kier alpha value is -3.02. The number of amides is 1. The highest BCUT2D eigenvalue weighted by molar-refractivity contribution is 7.10. The third kappa shape index (κ3) is 5.61. The number of carbonyl (C=O) groups excluding carboxylic acids is 1. The van der Waals surface area contributed by atoms with Crippen LogP contribution in [0.1, 0.15) is 16.8 Å². The number of benzene rings is 1. The minimum atomic E-state index is -3.81. The molecule has 4 rings (SSSR count). The molecule has 168 valence electrons. The quantitative estimate of drug-likeness (QED) is 0.433. The zero-order valence-corrected chi connectivity index (χ0v) is 18.0. The van der Waals surface area contributed by atoms with Gasteiger partial charge in [-0.3, -0.25) is 4.79 Å². The number of ether oxygens (including phenoxy) is 1. The molecule has 1 amide bonds. The van der Waals surface area contributed by atoms with Crippen molar-refractivity contribution in [2.24, 2.45) is 0 Å². The summed E-state index contributed by atoms with van der Waals surface area (Å²) in [6.07, 6.45) is 3.31. The molecule has 0 aliphatic carbocycles. The van der Waals surface area contributed by atoms with Crippen LogP contribution in [0.25, 0.3) is 0 Å². The van der Waals surface area contributed by atoms with E-state index in [1.54, 1.807) is 18.3 Å². The molecule has 0 saturated carbocycles. The van der Waals surface area contributed by atoms with Gasteiger partial charge in [-0.2, -0.15) is 4.37 Å². The Morgan fingerprint density at radius 1 is 1.31 bits per heavy atom. The zero-order chi connectivity index (χ0) is 22.7. The molecule has 32 heavy (non-hydrogen) atoms. The molecule has 1 fully saturated rings. The summed E-state index contributed by atoms with van der Waals surface area (Å²) in [6.45, 7) is 1.10. The minimum absolute atomic E-state index is 0.141. The van der Waals surface area contributed by atoms with Gasteiger partial charge in [0.05, 0.1) is 17.4 Å². The van der Waals surface area contributed by atoms with Crippen molar-refractivity contribution in [2.45, 2.75) is 18.1 Å². The summed E-state index contributed by atoms with van der Waals surface area (Å²) in [7, 11) is 0. The second-order valence-electron chi connectivity index (χ2n) is 7.01. The smallest absolute Gasteiger partial charge is 0.420 e. The fourth-order valence-electron chi connectivity index (χ4n) is 3.22. The number of carbonyl (C=O) groups is 1. The number of halogens is 3. The van der Waals surface area contributed by atoms with E-state index in [-0.39, 0.29) is 11.3 Å². The second-order valence-corrected chi connectivity index (χ2v) is 8.28. The number of nitrogens with one attached hydrogen (secondary N) is 2. The van der Waals surface area contributed by atoms with Gasteiger partial charge in [-0.1, -0.05) is 0 Å². The highest BCUT2D eigenvalue weighted by atomic mass is 35.5. The van der Waals surface area contributed by atoms with Gasteiger partial charge in [0.2, 0.25) is 0 Å². The number of nitrogens with zero attached hydrogens (tertiary/aromatic N) is 3. The van der Waals surface area contributed by atoms with Gasteiger partial charge in [0.15, 0.2) is 5.82 Å². The van der Waals surface area contributed by atoms with Crippen LogP contribution in [0.5, 0.6) is 5.75 Å². The lowest BCUT2D eigenvalue weighted by Gasteiger charge is -2.21. The first kappa shape index (κ1) is 22.2. The van der Waals surface area contributed by atoms with Gasteiger partial charge in [-0.25, -0.2) is 4.98 Å². The predicted molar refractivity (Wildman–Crippen MR) is 118 cm³/mol. The Balaban J connectivity index is 1.53. The molecule has 0 spiro atoms. The second kappa shape index (κ2) is 9.23. The first-order chi connectivity index (χ1) is 15.3. The molecule has 3 heterocycles. The molecule has 12 heteroatoms. The number of alkyl halides is 3. The van der Waals surface area contributed by atoms with Crippen LogP contribution < -0.4 is 20.3 Å². The Morgan fingerprint density at radius 3 is 2.72 bits per heavy atom. The zero-order valence-electron chi connectivity index (χ0n) is 16.5. The van der Waals surface area contributed by atoms with Gasteiger partial charge in [-0.05, 0) is 54.4 Å². The van der Waals surface area contributed by atoms with Crippen LogP contribution in [0.2, 0.25) is 0 Å². The van der Waals surface area contributed by atoms with E-state index in [1.807, 2.05) is 4.90 Å². The molecule has 0 radical (unpaired) electrons. The van der Waals surface area contributed by atoms with E-state index in [9.17, 15) is 18.7 Å². The van der Waals surface area contributed by atoms with Gasteiger partial charge >= 0.3 is 5.57 Å². The summed E-state index contributed by atoms with van der Waals surface area (Å²) in [5, 5.41) is 16.6. The molecule has 3 aromatic rings. The van der Waals surface area contributed by atoms with E-state index < -0.39 is 17.6 Å². The molecule has 1 aromatic carbocycles. The maximum Gasteiger partial charge on any atom is 0.487 e. The molecular weight excluding hydrogens is 464 g/mol. The SMILES string of the molecule is O=C(Nc1ccc(OC(F)(F)Cl)cc1)c1cnc(N2CC[C@@H](O)C2)c(Nc2ccns2)c1. The molecule has 2 aromatic heterocycles. The summed E-state index contributed by atoms with van der Waals surface area (Å²) in [4.78, 5) is 19.1. The normalized spacial score (nSPS) is 16.1. The molecule has 3 N–H and O–H groups in total. The number of aliphatic hydroxyl groups is 1. The van der Waals surface area contributed by atoms with E-state index in [2.05, 4.69) is 24.7 Å². The summed E-state index contributed by atoms with van der Waals surface area (Å²) >= 11 is 6.01.